The summed E-state index contributed by atoms with van der Waals surface area (Å²) in [5.74, 6) is 0.820. The van der Waals surface area contributed by atoms with E-state index in [1.807, 2.05) is 77.6 Å². The normalized spacial score (nSPS) is 14.3. The fourth-order valence-corrected chi connectivity index (χ4v) is 2.87. The monoisotopic (exact) mass is 360 g/mol. The molecule has 136 valence electrons. The van der Waals surface area contributed by atoms with E-state index >= 15 is 0 Å². The van der Waals surface area contributed by atoms with Crippen molar-refractivity contribution in [2.24, 2.45) is 0 Å². The molecule has 2 aromatic carbocycles. The Morgan fingerprint density at radius 3 is 2.52 bits per heavy atom. The molecule has 6 nitrogen and oxygen atoms in total. The van der Waals surface area contributed by atoms with Crippen LogP contribution in [-0.2, 0) is 11.4 Å². The van der Waals surface area contributed by atoms with Gasteiger partial charge in [-0.25, -0.2) is 4.68 Å². The van der Waals surface area contributed by atoms with Gasteiger partial charge in [-0.05, 0) is 23.8 Å². The van der Waals surface area contributed by atoms with Gasteiger partial charge in [0.05, 0.1) is 12.2 Å². The van der Waals surface area contributed by atoms with Gasteiger partial charge in [-0.3, -0.25) is 4.79 Å². The lowest BCUT2D eigenvalue weighted by Crippen LogP contribution is -2.50. The number of carbonyl (C=O) groups excluding carboxylic acids is 1. The maximum Gasteiger partial charge on any atom is 0.246 e. The van der Waals surface area contributed by atoms with E-state index in [2.05, 4.69) is 10.3 Å². The molecule has 4 rings (SSSR count). The van der Waals surface area contributed by atoms with Gasteiger partial charge in [-0.2, -0.15) is 0 Å². The smallest absolute Gasteiger partial charge is 0.246 e. The minimum Gasteiger partial charge on any atom is -0.487 e. The molecule has 0 spiro atoms. The van der Waals surface area contributed by atoms with Crippen molar-refractivity contribution in [3.05, 3.63) is 84.2 Å². The fourth-order valence-electron chi connectivity index (χ4n) is 2.87. The molecule has 6 heteroatoms. The molecule has 0 unspecified atom stereocenters. The molecular weight excluding hydrogens is 340 g/mol. The van der Waals surface area contributed by atoms with Crippen molar-refractivity contribution in [1.29, 1.82) is 0 Å². The maximum atomic E-state index is 12.2. The molecule has 1 aliphatic rings. The standard InChI is InChI=1S/C21H20N4O2/c26-21(12-11-17-7-3-1-4-8-17)24-14-19(15-24)25-13-18(22-23-25)16-27-20-9-5-2-6-10-20/h1-13,19H,14-16H2/b12-11+. The Labute approximate surface area is 157 Å². The summed E-state index contributed by atoms with van der Waals surface area (Å²) in [5.41, 5.74) is 1.79. The van der Waals surface area contributed by atoms with E-state index < -0.39 is 0 Å². The summed E-state index contributed by atoms with van der Waals surface area (Å²) in [5, 5.41) is 8.32. The lowest BCUT2D eigenvalue weighted by Gasteiger charge is -2.38. The SMILES string of the molecule is O=C(/C=C/c1ccccc1)N1CC(n2cc(COc3ccccc3)nn2)C1. The highest BCUT2D eigenvalue weighted by molar-refractivity contribution is 5.92. The first-order valence-electron chi connectivity index (χ1n) is 8.88. The van der Waals surface area contributed by atoms with Crippen molar-refractivity contribution in [3.8, 4) is 5.75 Å². The summed E-state index contributed by atoms with van der Waals surface area (Å²) < 4.78 is 7.49. The van der Waals surface area contributed by atoms with Crippen LogP contribution >= 0.6 is 0 Å². The van der Waals surface area contributed by atoms with E-state index in [0.717, 1.165) is 17.0 Å². The van der Waals surface area contributed by atoms with Crippen LogP contribution in [0, 0.1) is 0 Å². The number of amides is 1. The first-order valence-corrected chi connectivity index (χ1v) is 8.88. The van der Waals surface area contributed by atoms with Crippen LogP contribution in [-0.4, -0.2) is 38.9 Å². The Kier molecular flexibility index (Phi) is 4.96. The summed E-state index contributed by atoms with van der Waals surface area (Å²) in [6.45, 7) is 1.65. The average Bonchev–Trinajstić information content (AvgIpc) is 3.14. The lowest BCUT2D eigenvalue weighted by atomic mass is 10.1. The third kappa shape index (κ3) is 4.23. The molecule has 1 aliphatic heterocycles. The summed E-state index contributed by atoms with van der Waals surface area (Å²) in [7, 11) is 0. The van der Waals surface area contributed by atoms with Crippen molar-refractivity contribution >= 4 is 12.0 Å². The highest BCUT2D eigenvalue weighted by Crippen LogP contribution is 2.21. The third-order valence-corrected chi connectivity index (χ3v) is 4.45. The van der Waals surface area contributed by atoms with Crippen molar-refractivity contribution < 1.29 is 9.53 Å². The molecule has 0 aliphatic carbocycles. The molecule has 0 N–H and O–H groups in total. The van der Waals surface area contributed by atoms with Crippen LogP contribution in [0.15, 0.2) is 72.9 Å². The fraction of sp³-hybridized carbons (Fsp3) is 0.190. The Hall–Kier alpha value is -3.41. The van der Waals surface area contributed by atoms with Crippen LogP contribution < -0.4 is 4.74 Å². The van der Waals surface area contributed by atoms with Crippen LogP contribution in [0.5, 0.6) is 5.75 Å². The van der Waals surface area contributed by atoms with Crippen molar-refractivity contribution in [2.75, 3.05) is 13.1 Å². The van der Waals surface area contributed by atoms with Gasteiger partial charge in [-0.15, -0.1) is 5.10 Å². The Bertz CT molecular complexity index is 916. The molecular formula is C21H20N4O2. The number of rotatable bonds is 6. The van der Waals surface area contributed by atoms with Crippen LogP contribution in [0.25, 0.3) is 6.08 Å². The number of benzene rings is 2. The highest BCUT2D eigenvalue weighted by atomic mass is 16.5. The van der Waals surface area contributed by atoms with Gasteiger partial charge < -0.3 is 9.64 Å². The Balaban J connectivity index is 1.26. The zero-order valence-corrected chi connectivity index (χ0v) is 14.8. The van der Waals surface area contributed by atoms with Gasteiger partial charge >= 0.3 is 0 Å². The van der Waals surface area contributed by atoms with E-state index in [9.17, 15) is 4.79 Å². The van der Waals surface area contributed by atoms with E-state index in [1.165, 1.54) is 0 Å². The number of ether oxygens (including phenoxy) is 1. The number of carbonyl (C=O) groups is 1. The summed E-state index contributed by atoms with van der Waals surface area (Å²) in [6, 6.07) is 19.6. The summed E-state index contributed by atoms with van der Waals surface area (Å²) in [4.78, 5) is 14.0. The minimum atomic E-state index is 0.0165. The second-order valence-electron chi connectivity index (χ2n) is 6.43. The lowest BCUT2D eigenvalue weighted by molar-refractivity contribution is -0.131. The van der Waals surface area contributed by atoms with Crippen molar-refractivity contribution in [2.45, 2.75) is 12.6 Å². The predicted octanol–water partition coefficient (Wildman–Crippen LogP) is 2.95. The molecule has 27 heavy (non-hydrogen) atoms. The van der Waals surface area contributed by atoms with Gasteiger partial charge in [0.2, 0.25) is 5.91 Å². The number of likely N-dealkylation sites (tertiary alicyclic amines) is 1. The quantitative estimate of drug-likeness (QED) is 0.634. The largest absolute Gasteiger partial charge is 0.487 e. The van der Waals surface area contributed by atoms with Crippen LogP contribution in [0.2, 0.25) is 0 Å². The van der Waals surface area contributed by atoms with Gasteiger partial charge in [0.15, 0.2) is 0 Å². The molecule has 3 aromatic rings. The molecule has 1 aromatic heterocycles. The maximum absolute atomic E-state index is 12.2. The molecule has 1 amide bonds. The van der Waals surface area contributed by atoms with Crippen LogP contribution in [0.3, 0.4) is 0 Å². The van der Waals surface area contributed by atoms with Crippen LogP contribution in [0.4, 0.5) is 0 Å². The molecule has 1 saturated heterocycles. The zero-order valence-electron chi connectivity index (χ0n) is 14.8. The number of aromatic nitrogens is 3. The van der Waals surface area contributed by atoms with Crippen molar-refractivity contribution in [1.82, 2.24) is 19.9 Å². The molecule has 1 fully saturated rings. The van der Waals surface area contributed by atoms with Gasteiger partial charge in [0.1, 0.15) is 18.1 Å². The number of hydrogen-bond donors (Lipinski definition) is 0. The minimum absolute atomic E-state index is 0.0165. The second kappa shape index (κ2) is 7.86. The molecule has 0 radical (unpaired) electrons. The first-order chi connectivity index (χ1) is 13.3. The van der Waals surface area contributed by atoms with Gasteiger partial charge in [-0.1, -0.05) is 53.7 Å². The van der Waals surface area contributed by atoms with E-state index in [4.69, 9.17) is 4.74 Å². The molecule has 0 saturated carbocycles. The summed E-state index contributed by atoms with van der Waals surface area (Å²) >= 11 is 0. The third-order valence-electron chi connectivity index (χ3n) is 4.45. The number of nitrogens with zero attached hydrogens (tertiary/aromatic N) is 4. The topological polar surface area (TPSA) is 60.2 Å². The molecule has 0 atom stereocenters. The van der Waals surface area contributed by atoms with Crippen molar-refractivity contribution in [3.63, 3.8) is 0 Å². The van der Waals surface area contributed by atoms with Crippen LogP contribution in [0.1, 0.15) is 17.3 Å². The average molecular weight is 360 g/mol. The number of para-hydroxylation sites is 1. The Morgan fingerprint density at radius 2 is 1.78 bits per heavy atom. The van der Waals surface area contributed by atoms with E-state index in [0.29, 0.717) is 19.7 Å². The second-order valence-corrected chi connectivity index (χ2v) is 6.43. The highest BCUT2D eigenvalue weighted by Gasteiger charge is 2.31. The first kappa shape index (κ1) is 17.0. The van der Waals surface area contributed by atoms with E-state index in [-0.39, 0.29) is 11.9 Å². The predicted molar refractivity (Wildman–Crippen MR) is 102 cm³/mol. The van der Waals surface area contributed by atoms with Gasteiger partial charge in [0.25, 0.3) is 0 Å². The van der Waals surface area contributed by atoms with Gasteiger partial charge in [0, 0.05) is 19.2 Å². The Morgan fingerprint density at radius 1 is 1.07 bits per heavy atom. The molecule has 2 heterocycles. The zero-order chi connectivity index (χ0) is 18.5. The van der Waals surface area contributed by atoms with E-state index in [1.54, 1.807) is 11.0 Å². The number of hydrogen-bond acceptors (Lipinski definition) is 4. The molecule has 0 bridgehead atoms. The summed E-state index contributed by atoms with van der Waals surface area (Å²) in [6.07, 6.45) is 5.34.